The lowest BCUT2D eigenvalue weighted by atomic mass is 9.75. The predicted molar refractivity (Wildman–Crippen MR) is 115 cm³/mol. The molecule has 0 unspecified atom stereocenters. The number of aromatic nitrogens is 2. The topological polar surface area (TPSA) is 46.8 Å². The molecule has 0 radical (unpaired) electrons. The number of halogens is 1. The van der Waals surface area contributed by atoms with Gasteiger partial charge in [0.15, 0.2) is 0 Å². The molecule has 2 aliphatic carbocycles. The summed E-state index contributed by atoms with van der Waals surface area (Å²) in [6, 6.07) is 10.5. The van der Waals surface area contributed by atoms with Gasteiger partial charge in [-0.05, 0) is 85.6 Å². The molecule has 2 saturated carbocycles. The van der Waals surface area contributed by atoms with Gasteiger partial charge in [0, 0.05) is 0 Å². The number of ether oxygens (including phenoxy) is 1. The molecule has 2 aromatic heterocycles. The van der Waals surface area contributed by atoms with E-state index in [1.807, 2.05) is 24.7 Å². The summed E-state index contributed by atoms with van der Waals surface area (Å²) in [5, 5.41) is 12.1. The van der Waals surface area contributed by atoms with Gasteiger partial charge in [-0.1, -0.05) is 23.7 Å². The highest BCUT2D eigenvalue weighted by Gasteiger charge is 2.34. The van der Waals surface area contributed by atoms with Crippen molar-refractivity contribution in [2.45, 2.75) is 56.5 Å². The van der Waals surface area contributed by atoms with Crippen LogP contribution in [0.3, 0.4) is 0 Å². The van der Waals surface area contributed by atoms with Gasteiger partial charge in [-0.25, -0.2) is 4.98 Å². The summed E-state index contributed by atoms with van der Waals surface area (Å²) in [6.07, 6.45) is 9.92. The summed E-state index contributed by atoms with van der Waals surface area (Å²) in [6.45, 7) is 0. The van der Waals surface area contributed by atoms with E-state index in [1.54, 1.807) is 7.11 Å². The Labute approximate surface area is 176 Å². The van der Waals surface area contributed by atoms with E-state index in [4.69, 9.17) is 16.3 Å². The molecule has 0 aliphatic heterocycles. The van der Waals surface area contributed by atoms with Crippen molar-refractivity contribution >= 4 is 17.1 Å². The molecular weight excluding hydrogens is 384 g/mol. The van der Waals surface area contributed by atoms with Gasteiger partial charge in [-0.15, -0.1) is 0 Å². The second-order valence-corrected chi connectivity index (χ2v) is 8.99. The highest BCUT2D eigenvalue weighted by Crippen LogP contribution is 2.47. The van der Waals surface area contributed by atoms with Gasteiger partial charge < -0.3 is 14.2 Å². The number of aliphatic hydroxyl groups is 1. The third-order valence-corrected chi connectivity index (χ3v) is 7.11. The number of pyridine rings is 1. The van der Waals surface area contributed by atoms with E-state index in [-0.39, 0.29) is 5.92 Å². The van der Waals surface area contributed by atoms with Crippen molar-refractivity contribution in [3.05, 3.63) is 64.7 Å². The first-order valence-electron chi connectivity index (χ1n) is 10.6. The number of nitrogens with zero attached hydrogens (tertiary/aromatic N) is 2. The molecule has 0 saturated heterocycles. The smallest absolute Gasteiger partial charge is 0.137 e. The van der Waals surface area contributed by atoms with Crippen molar-refractivity contribution in [2.75, 3.05) is 7.11 Å². The predicted octanol–water partition coefficient (Wildman–Crippen LogP) is 5.88. The van der Waals surface area contributed by atoms with Crippen molar-refractivity contribution in [3.8, 4) is 5.75 Å². The summed E-state index contributed by atoms with van der Waals surface area (Å²) in [7, 11) is 1.64. The minimum absolute atomic E-state index is 0.283. The molecule has 4 nitrogen and oxygen atoms in total. The van der Waals surface area contributed by atoms with Gasteiger partial charge in [0.1, 0.15) is 5.75 Å². The normalized spacial score (nSPS) is 23.3. The summed E-state index contributed by atoms with van der Waals surface area (Å²) < 4.78 is 7.38. The van der Waals surface area contributed by atoms with Crippen molar-refractivity contribution in [1.29, 1.82) is 0 Å². The largest absolute Gasteiger partial charge is 0.495 e. The van der Waals surface area contributed by atoms with E-state index in [2.05, 4.69) is 27.6 Å². The van der Waals surface area contributed by atoms with E-state index >= 15 is 0 Å². The van der Waals surface area contributed by atoms with Crippen LogP contribution >= 0.6 is 11.6 Å². The average Bonchev–Trinajstić information content (AvgIpc) is 3.49. The molecule has 29 heavy (non-hydrogen) atoms. The molecule has 0 spiro atoms. The lowest BCUT2D eigenvalue weighted by molar-refractivity contribution is 0.0754. The zero-order valence-corrected chi connectivity index (χ0v) is 17.5. The van der Waals surface area contributed by atoms with Gasteiger partial charge in [-0.3, -0.25) is 0 Å². The molecule has 5 rings (SSSR count). The summed E-state index contributed by atoms with van der Waals surface area (Å²) in [5.41, 5.74) is 4.72. The zero-order valence-electron chi connectivity index (χ0n) is 16.7. The Kier molecular flexibility index (Phi) is 5.00. The van der Waals surface area contributed by atoms with Crippen molar-refractivity contribution < 1.29 is 9.84 Å². The highest BCUT2D eigenvalue weighted by molar-refractivity contribution is 6.32. The minimum Gasteiger partial charge on any atom is -0.495 e. The van der Waals surface area contributed by atoms with Crippen LogP contribution in [0.4, 0.5) is 0 Å². The number of hydrogen-bond donors (Lipinski definition) is 1. The quantitative estimate of drug-likeness (QED) is 0.571. The Morgan fingerprint density at radius 3 is 2.52 bits per heavy atom. The molecular formula is C24H27ClN2O2. The molecule has 2 aliphatic rings. The number of benzene rings is 1. The van der Waals surface area contributed by atoms with Crippen molar-refractivity contribution in [1.82, 2.24) is 9.38 Å². The standard InChI is InChI=1S/C24H27ClN2O2/c1-29-22-11-8-18(12-21(22)25)15-2-6-17(7-3-15)24(28)23-20(16-4-5-16)10-9-19-13-26-14-27(19)23/h8-17,24,28H,2-7H2,1H3/t15-,17-,24-/m1/s1. The minimum atomic E-state index is -0.441. The number of methoxy groups -OCH3 is 1. The van der Waals surface area contributed by atoms with E-state index < -0.39 is 6.10 Å². The summed E-state index contributed by atoms with van der Waals surface area (Å²) in [5.74, 6) is 2.10. The monoisotopic (exact) mass is 410 g/mol. The molecule has 3 aromatic rings. The van der Waals surface area contributed by atoms with Gasteiger partial charge in [-0.2, -0.15) is 0 Å². The number of imidazole rings is 1. The Morgan fingerprint density at radius 2 is 1.83 bits per heavy atom. The summed E-state index contributed by atoms with van der Waals surface area (Å²) in [4.78, 5) is 4.31. The number of fused-ring (bicyclic) bond motifs is 1. The number of aliphatic hydroxyl groups excluding tert-OH is 1. The van der Waals surface area contributed by atoms with Crippen LogP contribution in [0.2, 0.25) is 5.02 Å². The Balaban J connectivity index is 1.35. The average molecular weight is 411 g/mol. The third-order valence-electron chi connectivity index (χ3n) is 6.82. The van der Waals surface area contributed by atoms with Crippen LogP contribution in [-0.4, -0.2) is 21.6 Å². The maximum absolute atomic E-state index is 11.4. The lowest BCUT2D eigenvalue weighted by Gasteiger charge is -2.33. The SMILES string of the molecule is COc1ccc([C@H]2CC[C@H]([C@@H](O)c3c(C4CC4)ccc4cncn34)CC2)cc1Cl. The highest BCUT2D eigenvalue weighted by atomic mass is 35.5. The van der Waals surface area contributed by atoms with E-state index in [9.17, 15) is 5.11 Å². The fraction of sp³-hybridized carbons (Fsp3) is 0.458. The van der Waals surface area contributed by atoms with Gasteiger partial charge in [0.2, 0.25) is 0 Å². The molecule has 2 heterocycles. The number of rotatable bonds is 5. The molecule has 5 heteroatoms. The first-order chi connectivity index (χ1) is 14.2. The van der Waals surface area contributed by atoms with Crippen LogP contribution < -0.4 is 4.74 Å². The molecule has 152 valence electrons. The molecule has 2 fully saturated rings. The first-order valence-corrected chi connectivity index (χ1v) is 11.0. The molecule has 1 N–H and O–H groups in total. The van der Waals surface area contributed by atoms with E-state index in [0.717, 1.165) is 42.6 Å². The fourth-order valence-electron chi connectivity index (χ4n) is 5.01. The maximum atomic E-state index is 11.4. The Bertz CT molecular complexity index is 1020. The van der Waals surface area contributed by atoms with Crippen LogP contribution in [-0.2, 0) is 0 Å². The fourth-order valence-corrected chi connectivity index (χ4v) is 5.28. The van der Waals surface area contributed by atoms with E-state index in [1.165, 1.54) is 24.0 Å². The van der Waals surface area contributed by atoms with Crippen LogP contribution in [0.25, 0.3) is 5.52 Å². The van der Waals surface area contributed by atoms with Crippen LogP contribution in [0.15, 0.2) is 42.9 Å². The lowest BCUT2D eigenvalue weighted by Crippen LogP contribution is -2.22. The van der Waals surface area contributed by atoms with Crippen LogP contribution in [0.1, 0.15) is 73.3 Å². The second kappa shape index (κ2) is 7.66. The molecule has 0 bridgehead atoms. The third kappa shape index (κ3) is 3.53. The van der Waals surface area contributed by atoms with Gasteiger partial charge >= 0.3 is 0 Å². The maximum Gasteiger partial charge on any atom is 0.137 e. The Hall–Kier alpha value is -2.04. The second-order valence-electron chi connectivity index (χ2n) is 8.59. The van der Waals surface area contributed by atoms with Crippen LogP contribution in [0, 0.1) is 5.92 Å². The number of hydrogen-bond acceptors (Lipinski definition) is 3. The molecule has 0 amide bonds. The van der Waals surface area contributed by atoms with Crippen LogP contribution in [0.5, 0.6) is 5.75 Å². The molecule has 1 aromatic carbocycles. The molecule has 1 atom stereocenters. The van der Waals surface area contributed by atoms with Gasteiger partial charge in [0.05, 0.1) is 42.0 Å². The van der Waals surface area contributed by atoms with Gasteiger partial charge in [0.25, 0.3) is 0 Å². The summed E-state index contributed by atoms with van der Waals surface area (Å²) >= 11 is 6.33. The van der Waals surface area contributed by atoms with E-state index in [0.29, 0.717) is 16.9 Å². The van der Waals surface area contributed by atoms with Crippen molar-refractivity contribution in [2.24, 2.45) is 5.92 Å². The van der Waals surface area contributed by atoms with Crippen molar-refractivity contribution in [3.63, 3.8) is 0 Å². The Morgan fingerprint density at radius 1 is 1.07 bits per heavy atom. The first kappa shape index (κ1) is 19.0. The zero-order chi connectivity index (χ0) is 20.0.